The number of hydrogen-bond acceptors (Lipinski definition) is 2. The summed E-state index contributed by atoms with van der Waals surface area (Å²) in [5, 5.41) is 0. The van der Waals surface area contributed by atoms with Crippen molar-refractivity contribution < 1.29 is 9.53 Å². The van der Waals surface area contributed by atoms with Crippen LogP contribution in [0.1, 0.15) is 34.1 Å². The Balaban J connectivity index is 1.97. The third-order valence-corrected chi connectivity index (χ3v) is 4.25. The van der Waals surface area contributed by atoms with Crippen LogP contribution in [0.2, 0.25) is 0 Å². The van der Waals surface area contributed by atoms with Gasteiger partial charge >= 0.3 is 5.97 Å². The molecule has 1 fully saturated rings. The lowest BCUT2D eigenvalue weighted by atomic mass is 9.89. The Morgan fingerprint density at radius 2 is 2.27 bits per heavy atom. The molecule has 2 aliphatic carbocycles. The predicted molar refractivity (Wildman–Crippen MR) is 59.3 cm³/mol. The molecule has 0 spiro atoms. The van der Waals surface area contributed by atoms with Gasteiger partial charge in [0, 0.05) is 12.8 Å². The first kappa shape index (κ1) is 10.7. The van der Waals surface area contributed by atoms with E-state index in [4.69, 9.17) is 4.74 Å². The topological polar surface area (TPSA) is 26.3 Å². The van der Waals surface area contributed by atoms with E-state index in [1.807, 2.05) is 0 Å². The van der Waals surface area contributed by atoms with Crippen molar-refractivity contribution in [3.8, 4) is 0 Å². The maximum atomic E-state index is 10.8. The van der Waals surface area contributed by atoms with Gasteiger partial charge in [-0.15, -0.1) is 0 Å². The van der Waals surface area contributed by atoms with Crippen molar-refractivity contribution in [1.82, 2.24) is 0 Å². The van der Waals surface area contributed by atoms with E-state index in [9.17, 15) is 4.79 Å². The van der Waals surface area contributed by atoms with Gasteiger partial charge in [-0.3, -0.25) is 4.79 Å². The summed E-state index contributed by atoms with van der Waals surface area (Å²) in [6.45, 7) is 8.88. The highest BCUT2D eigenvalue weighted by Gasteiger charge is 2.58. The van der Waals surface area contributed by atoms with Gasteiger partial charge in [0.1, 0.15) is 0 Å². The quantitative estimate of drug-likeness (QED) is 0.515. The Morgan fingerprint density at radius 1 is 1.60 bits per heavy atom. The van der Waals surface area contributed by atoms with Crippen LogP contribution in [-0.4, -0.2) is 12.6 Å². The molecule has 15 heavy (non-hydrogen) atoms. The van der Waals surface area contributed by atoms with Gasteiger partial charge in [-0.1, -0.05) is 25.5 Å². The predicted octanol–water partition coefficient (Wildman–Crippen LogP) is 2.79. The van der Waals surface area contributed by atoms with E-state index in [0.29, 0.717) is 17.9 Å². The van der Waals surface area contributed by atoms with Crippen LogP contribution in [0.4, 0.5) is 0 Å². The summed E-state index contributed by atoms with van der Waals surface area (Å²) < 4.78 is 5.11. The van der Waals surface area contributed by atoms with Crippen molar-refractivity contribution in [3.63, 3.8) is 0 Å². The van der Waals surface area contributed by atoms with Crippen LogP contribution in [-0.2, 0) is 9.53 Å². The molecule has 2 heteroatoms. The zero-order valence-corrected chi connectivity index (χ0v) is 10.0. The molecule has 2 rings (SSSR count). The lowest BCUT2D eigenvalue weighted by Crippen LogP contribution is -2.17. The highest BCUT2D eigenvalue weighted by atomic mass is 16.5. The van der Waals surface area contributed by atoms with E-state index in [0.717, 1.165) is 11.8 Å². The summed E-state index contributed by atoms with van der Waals surface area (Å²) >= 11 is 0. The van der Waals surface area contributed by atoms with Crippen molar-refractivity contribution in [2.45, 2.75) is 34.1 Å². The Kier molecular flexibility index (Phi) is 2.40. The number of allylic oxidation sites excluding steroid dienone is 1. The molecule has 0 amide bonds. The van der Waals surface area contributed by atoms with Crippen LogP contribution in [0.3, 0.4) is 0 Å². The average Bonchev–Trinajstić information content (AvgIpc) is 2.64. The number of hydrogen-bond donors (Lipinski definition) is 0. The van der Waals surface area contributed by atoms with E-state index in [1.165, 1.54) is 18.9 Å². The third-order valence-electron chi connectivity index (χ3n) is 4.25. The number of carbonyl (C=O) groups is 1. The second kappa shape index (κ2) is 3.36. The minimum atomic E-state index is -0.167. The molecule has 2 aliphatic rings. The SMILES string of the molecule is CC(=O)OC[C@H]1C[C@@H]2[C@H](C=C1C)C2(C)C. The van der Waals surface area contributed by atoms with Crippen LogP contribution in [0.25, 0.3) is 0 Å². The Labute approximate surface area is 91.7 Å². The molecule has 0 aromatic rings. The summed E-state index contributed by atoms with van der Waals surface area (Å²) in [5.41, 5.74) is 1.88. The van der Waals surface area contributed by atoms with Crippen molar-refractivity contribution in [2.75, 3.05) is 6.61 Å². The minimum Gasteiger partial charge on any atom is -0.465 e. The molecule has 0 unspecified atom stereocenters. The molecule has 0 aliphatic heterocycles. The summed E-state index contributed by atoms with van der Waals surface area (Å²) in [6.07, 6.45) is 3.58. The van der Waals surface area contributed by atoms with Gasteiger partial charge in [-0.25, -0.2) is 0 Å². The molecule has 1 saturated carbocycles. The van der Waals surface area contributed by atoms with E-state index >= 15 is 0 Å². The molecular formula is C13H20O2. The summed E-state index contributed by atoms with van der Waals surface area (Å²) in [6, 6.07) is 0. The Morgan fingerprint density at radius 3 is 2.87 bits per heavy atom. The number of fused-ring (bicyclic) bond motifs is 1. The van der Waals surface area contributed by atoms with Gasteiger partial charge in [-0.05, 0) is 30.6 Å². The number of rotatable bonds is 2. The largest absolute Gasteiger partial charge is 0.465 e. The van der Waals surface area contributed by atoms with Crippen molar-refractivity contribution in [2.24, 2.45) is 23.2 Å². The van der Waals surface area contributed by atoms with E-state index in [2.05, 4.69) is 26.8 Å². The van der Waals surface area contributed by atoms with Crippen molar-refractivity contribution in [3.05, 3.63) is 11.6 Å². The number of carbonyl (C=O) groups excluding carboxylic acids is 1. The molecule has 3 atom stereocenters. The summed E-state index contributed by atoms with van der Waals surface area (Å²) in [5.74, 6) is 1.87. The van der Waals surface area contributed by atoms with E-state index in [-0.39, 0.29) is 5.97 Å². The lowest BCUT2D eigenvalue weighted by Gasteiger charge is -2.20. The third kappa shape index (κ3) is 1.82. The first-order valence-corrected chi connectivity index (χ1v) is 5.74. The molecule has 0 radical (unpaired) electrons. The van der Waals surface area contributed by atoms with Gasteiger partial charge in [0.2, 0.25) is 0 Å². The Hall–Kier alpha value is -0.790. The summed E-state index contributed by atoms with van der Waals surface area (Å²) in [7, 11) is 0. The summed E-state index contributed by atoms with van der Waals surface area (Å²) in [4.78, 5) is 10.8. The Bertz CT molecular complexity index is 314. The van der Waals surface area contributed by atoms with Crippen molar-refractivity contribution in [1.29, 1.82) is 0 Å². The van der Waals surface area contributed by atoms with Gasteiger partial charge in [0.15, 0.2) is 0 Å². The molecule has 0 aromatic carbocycles. The van der Waals surface area contributed by atoms with E-state index in [1.54, 1.807) is 0 Å². The zero-order valence-electron chi connectivity index (χ0n) is 10.0. The van der Waals surface area contributed by atoms with Gasteiger partial charge in [-0.2, -0.15) is 0 Å². The second-order valence-corrected chi connectivity index (χ2v) is 5.60. The van der Waals surface area contributed by atoms with Crippen molar-refractivity contribution >= 4 is 5.97 Å². The van der Waals surface area contributed by atoms with Gasteiger partial charge in [0.25, 0.3) is 0 Å². The number of ether oxygens (including phenoxy) is 1. The first-order chi connectivity index (χ1) is 6.93. The molecule has 0 heterocycles. The monoisotopic (exact) mass is 208 g/mol. The van der Waals surface area contributed by atoms with Crippen LogP contribution < -0.4 is 0 Å². The fraction of sp³-hybridized carbons (Fsp3) is 0.769. The molecule has 2 nitrogen and oxygen atoms in total. The van der Waals surface area contributed by atoms with Gasteiger partial charge < -0.3 is 4.74 Å². The molecule has 0 N–H and O–H groups in total. The molecule has 84 valence electrons. The zero-order chi connectivity index (χ0) is 11.2. The highest BCUT2D eigenvalue weighted by Crippen LogP contribution is 2.64. The highest BCUT2D eigenvalue weighted by molar-refractivity contribution is 5.65. The maximum absolute atomic E-state index is 10.8. The van der Waals surface area contributed by atoms with Crippen LogP contribution in [0.5, 0.6) is 0 Å². The molecule has 0 bridgehead atoms. The van der Waals surface area contributed by atoms with Crippen LogP contribution in [0.15, 0.2) is 11.6 Å². The fourth-order valence-corrected chi connectivity index (χ4v) is 2.90. The molecule has 0 saturated heterocycles. The lowest BCUT2D eigenvalue weighted by molar-refractivity contribution is -0.142. The number of esters is 1. The van der Waals surface area contributed by atoms with Crippen LogP contribution in [0, 0.1) is 23.2 Å². The first-order valence-electron chi connectivity index (χ1n) is 5.74. The maximum Gasteiger partial charge on any atom is 0.302 e. The smallest absolute Gasteiger partial charge is 0.302 e. The van der Waals surface area contributed by atoms with E-state index < -0.39 is 0 Å². The normalized spacial score (nSPS) is 36.5. The standard InChI is InChI=1S/C13H20O2/c1-8-5-11-12(13(11,3)4)6-10(8)7-15-9(2)14/h5,10-12H,6-7H2,1-4H3/t10-,11+,12-/m1/s1. The minimum absolute atomic E-state index is 0.167. The average molecular weight is 208 g/mol. The molecule has 0 aromatic heterocycles. The second-order valence-electron chi connectivity index (χ2n) is 5.60. The molecular weight excluding hydrogens is 188 g/mol. The fourth-order valence-electron chi connectivity index (χ4n) is 2.90. The van der Waals surface area contributed by atoms with Crippen LogP contribution >= 0.6 is 0 Å². The van der Waals surface area contributed by atoms with Gasteiger partial charge in [0.05, 0.1) is 6.61 Å².